The molecule has 6 heteroatoms. The molecule has 0 aliphatic carbocycles. The molecule has 1 fully saturated rings. The molecule has 2 heterocycles. The summed E-state index contributed by atoms with van der Waals surface area (Å²) in [5.41, 5.74) is 1.01. The molecule has 0 unspecified atom stereocenters. The average Bonchev–Trinajstić information content (AvgIpc) is 2.43. The van der Waals surface area contributed by atoms with Gasteiger partial charge in [0.2, 0.25) is 0 Å². The molecule has 2 aromatic rings. The minimum Gasteiger partial charge on any atom is -0.462 e. The van der Waals surface area contributed by atoms with E-state index in [0.717, 1.165) is 24.6 Å². The van der Waals surface area contributed by atoms with Crippen molar-refractivity contribution >= 4 is 45.9 Å². The third-order valence-electron chi connectivity index (χ3n) is 3.36. The maximum absolute atomic E-state index is 12.5. The molecule has 0 spiro atoms. The van der Waals surface area contributed by atoms with Gasteiger partial charge in [0, 0.05) is 41.7 Å². The quantitative estimate of drug-likeness (QED) is 0.842. The lowest BCUT2D eigenvalue weighted by molar-refractivity contribution is 0.291. The fraction of sp³-hybridized carbons (Fsp3) is 0.357. The van der Waals surface area contributed by atoms with E-state index in [1.54, 1.807) is 12.1 Å². The summed E-state index contributed by atoms with van der Waals surface area (Å²) < 4.78 is 5.53. The second kappa shape index (κ2) is 5.98. The Morgan fingerprint density at radius 2 is 2.00 bits per heavy atom. The first-order valence-corrected chi connectivity index (χ1v) is 8.26. The number of rotatable bonds is 2. The van der Waals surface area contributed by atoms with Gasteiger partial charge in [0.25, 0.3) is 0 Å². The van der Waals surface area contributed by atoms with Gasteiger partial charge in [-0.3, -0.25) is 9.69 Å². The van der Waals surface area contributed by atoms with Crippen LogP contribution in [-0.4, -0.2) is 29.5 Å². The van der Waals surface area contributed by atoms with E-state index in [-0.39, 0.29) is 5.43 Å². The van der Waals surface area contributed by atoms with Crippen molar-refractivity contribution in [3.05, 3.63) is 44.2 Å². The summed E-state index contributed by atoms with van der Waals surface area (Å²) in [4.78, 5) is 14.8. The van der Waals surface area contributed by atoms with Gasteiger partial charge in [0.15, 0.2) is 11.0 Å². The summed E-state index contributed by atoms with van der Waals surface area (Å²) in [6.07, 6.45) is 1.52. The second-order valence-corrected chi connectivity index (χ2v) is 6.81. The normalized spacial score (nSPS) is 16.7. The average molecular weight is 330 g/mol. The van der Waals surface area contributed by atoms with Crippen LogP contribution in [0.2, 0.25) is 10.0 Å². The van der Waals surface area contributed by atoms with Gasteiger partial charge in [0.1, 0.15) is 0 Å². The minimum atomic E-state index is -0.0473. The Hall–Kier alpha value is -0.680. The lowest BCUT2D eigenvalue weighted by Crippen LogP contribution is -2.33. The van der Waals surface area contributed by atoms with E-state index in [2.05, 4.69) is 4.90 Å². The highest BCUT2D eigenvalue weighted by Gasteiger charge is 2.15. The molecule has 1 saturated heterocycles. The number of fused-ring (bicyclic) bond motifs is 1. The van der Waals surface area contributed by atoms with Crippen LogP contribution in [0.3, 0.4) is 0 Å². The van der Waals surface area contributed by atoms with Crippen molar-refractivity contribution in [2.75, 3.05) is 24.6 Å². The lowest BCUT2D eigenvalue weighted by Gasteiger charge is -2.25. The Morgan fingerprint density at radius 3 is 2.75 bits per heavy atom. The van der Waals surface area contributed by atoms with E-state index in [1.807, 2.05) is 11.8 Å². The topological polar surface area (TPSA) is 33.5 Å². The van der Waals surface area contributed by atoms with Gasteiger partial charge in [-0.05, 0) is 12.1 Å². The maximum Gasteiger partial charge on any atom is 0.197 e. The molecule has 0 amide bonds. The fourth-order valence-electron chi connectivity index (χ4n) is 2.31. The number of benzene rings is 1. The molecule has 20 heavy (non-hydrogen) atoms. The highest BCUT2D eigenvalue weighted by Crippen LogP contribution is 2.26. The molecule has 106 valence electrons. The summed E-state index contributed by atoms with van der Waals surface area (Å²) in [7, 11) is 0. The van der Waals surface area contributed by atoms with Gasteiger partial charge in [-0.15, -0.1) is 0 Å². The summed E-state index contributed by atoms with van der Waals surface area (Å²) in [5.74, 6) is 2.22. The SMILES string of the molecule is O=c1c(CN2CCSCC2)coc2c(Cl)cc(Cl)cc12. The number of nitrogens with zero attached hydrogens (tertiary/aromatic N) is 1. The summed E-state index contributed by atoms with van der Waals surface area (Å²) in [6.45, 7) is 2.61. The Morgan fingerprint density at radius 1 is 1.25 bits per heavy atom. The Labute approximate surface area is 130 Å². The van der Waals surface area contributed by atoms with Crippen molar-refractivity contribution in [2.45, 2.75) is 6.54 Å². The zero-order valence-corrected chi connectivity index (χ0v) is 13.0. The number of hydrogen-bond donors (Lipinski definition) is 0. The third kappa shape index (κ3) is 2.84. The van der Waals surface area contributed by atoms with Crippen molar-refractivity contribution in [2.24, 2.45) is 0 Å². The zero-order chi connectivity index (χ0) is 14.1. The number of thioether (sulfide) groups is 1. The van der Waals surface area contributed by atoms with Gasteiger partial charge >= 0.3 is 0 Å². The van der Waals surface area contributed by atoms with Crippen LogP contribution in [0.25, 0.3) is 11.0 Å². The van der Waals surface area contributed by atoms with Crippen LogP contribution in [0, 0.1) is 0 Å². The van der Waals surface area contributed by atoms with Gasteiger partial charge < -0.3 is 4.42 Å². The van der Waals surface area contributed by atoms with Crippen molar-refractivity contribution in [3.63, 3.8) is 0 Å². The first-order valence-electron chi connectivity index (χ1n) is 6.34. The van der Waals surface area contributed by atoms with E-state index in [4.69, 9.17) is 27.6 Å². The van der Waals surface area contributed by atoms with E-state index in [9.17, 15) is 4.79 Å². The Balaban J connectivity index is 2.00. The summed E-state index contributed by atoms with van der Waals surface area (Å²) in [6, 6.07) is 3.19. The molecule has 0 N–H and O–H groups in total. The first-order chi connectivity index (χ1) is 9.65. The van der Waals surface area contributed by atoms with Gasteiger partial charge in [-0.25, -0.2) is 0 Å². The molecule has 1 aromatic carbocycles. The van der Waals surface area contributed by atoms with Crippen LogP contribution >= 0.6 is 35.0 Å². The van der Waals surface area contributed by atoms with E-state index in [0.29, 0.717) is 33.1 Å². The van der Waals surface area contributed by atoms with Crippen molar-refractivity contribution in [1.29, 1.82) is 0 Å². The van der Waals surface area contributed by atoms with Gasteiger partial charge in [0.05, 0.1) is 16.7 Å². The molecule has 1 aromatic heterocycles. The molecule has 0 bridgehead atoms. The molecule has 1 aliphatic heterocycles. The first kappa shape index (κ1) is 14.3. The van der Waals surface area contributed by atoms with Crippen LogP contribution in [0.5, 0.6) is 0 Å². The monoisotopic (exact) mass is 329 g/mol. The highest BCUT2D eigenvalue weighted by molar-refractivity contribution is 7.99. The van der Waals surface area contributed by atoms with Crippen molar-refractivity contribution in [1.82, 2.24) is 4.90 Å². The zero-order valence-electron chi connectivity index (χ0n) is 10.7. The van der Waals surface area contributed by atoms with Gasteiger partial charge in [-0.2, -0.15) is 11.8 Å². The molecule has 0 saturated carbocycles. The number of hydrogen-bond acceptors (Lipinski definition) is 4. The molecule has 3 nitrogen and oxygen atoms in total. The molecule has 3 rings (SSSR count). The van der Waals surface area contributed by atoms with Crippen LogP contribution in [0.15, 0.2) is 27.6 Å². The van der Waals surface area contributed by atoms with Crippen LogP contribution in [0.4, 0.5) is 0 Å². The van der Waals surface area contributed by atoms with Crippen molar-refractivity contribution < 1.29 is 4.42 Å². The standard InChI is InChI=1S/C14H13Cl2NO2S/c15-10-5-11-13(18)9(7-17-1-3-20-4-2-17)8-19-14(11)12(16)6-10/h5-6,8H,1-4,7H2. The predicted octanol–water partition coefficient (Wildman–Crippen LogP) is 3.65. The second-order valence-electron chi connectivity index (χ2n) is 4.74. The number of halogens is 2. The Kier molecular flexibility index (Phi) is 4.26. The largest absolute Gasteiger partial charge is 0.462 e. The molecule has 0 atom stereocenters. The Bertz CT molecular complexity index is 695. The van der Waals surface area contributed by atoms with E-state index < -0.39 is 0 Å². The van der Waals surface area contributed by atoms with Crippen molar-refractivity contribution in [3.8, 4) is 0 Å². The minimum absolute atomic E-state index is 0.0473. The maximum atomic E-state index is 12.5. The summed E-state index contributed by atoms with van der Waals surface area (Å²) >= 11 is 14.0. The molecular weight excluding hydrogens is 317 g/mol. The molecule has 0 radical (unpaired) electrons. The third-order valence-corrected chi connectivity index (χ3v) is 4.80. The fourth-order valence-corrected chi connectivity index (χ4v) is 3.83. The van der Waals surface area contributed by atoms with Gasteiger partial charge in [-0.1, -0.05) is 23.2 Å². The molecule has 1 aliphatic rings. The van der Waals surface area contributed by atoms with Crippen LogP contribution < -0.4 is 5.43 Å². The van der Waals surface area contributed by atoms with Crippen LogP contribution in [0.1, 0.15) is 5.56 Å². The predicted molar refractivity (Wildman–Crippen MR) is 85.1 cm³/mol. The molecular formula is C14H13Cl2NO2S. The highest BCUT2D eigenvalue weighted by atomic mass is 35.5. The van der Waals surface area contributed by atoms with E-state index in [1.165, 1.54) is 6.26 Å². The smallest absolute Gasteiger partial charge is 0.197 e. The summed E-state index contributed by atoms with van der Waals surface area (Å²) in [5, 5.41) is 1.26. The van der Waals surface area contributed by atoms with Crippen LogP contribution in [-0.2, 0) is 6.54 Å². The van der Waals surface area contributed by atoms with E-state index >= 15 is 0 Å². The lowest BCUT2D eigenvalue weighted by atomic mass is 10.1.